The number of rotatable bonds is 4. The zero-order valence-corrected chi connectivity index (χ0v) is 14.4. The van der Waals surface area contributed by atoms with E-state index in [0.717, 1.165) is 5.69 Å². The van der Waals surface area contributed by atoms with Gasteiger partial charge in [-0.1, -0.05) is 6.07 Å². The van der Waals surface area contributed by atoms with Crippen molar-refractivity contribution in [3.05, 3.63) is 30.1 Å². The van der Waals surface area contributed by atoms with Crippen LogP contribution in [0.3, 0.4) is 0 Å². The molecular formula is C14H20F3N5O2S. The molecule has 0 aromatic carbocycles. The minimum absolute atomic E-state index is 0.158. The van der Waals surface area contributed by atoms with E-state index in [9.17, 15) is 21.6 Å². The van der Waals surface area contributed by atoms with E-state index in [1.54, 1.807) is 19.3 Å². The second kappa shape index (κ2) is 8.00. The summed E-state index contributed by atoms with van der Waals surface area (Å²) in [5, 5.41) is 6.16. The monoisotopic (exact) mass is 379 g/mol. The Bertz CT molecular complexity index is 686. The summed E-state index contributed by atoms with van der Waals surface area (Å²) in [5.74, 6) is 0.489. The summed E-state index contributed by atoms with van der Waals surface area (Å²) < 4.78 is 60.9. The number of sulfonamides is 1. The molecule has 0 bridgehead atoms. The van der Waals surface area contributed by atoms with E-state index in [-0.39, 0.29) is 32.0 Å². The molecule has 1 saturated heterocycles. The van der Waals surface area contributed by atoms with Gasteiger partial charge in [0.15, 0.2) is 5.96 Å². The summed E-state index contributed by atoms with van der Waals surface area (Å²) in [6, 6.07) is 5.35. The van der Waals surface area contributed by atoms with Crippen LogP contribution in [0.1, 0.15) is 18.5 Å². The quantitative estimate of drug-likeness (QED) is 0.604. The van der Waals surface area contributed by atoms with Gasteiger partial charge in [-0.15, -0.1) is 0 Å². The third kappa shape index (κ3) is 5.05. The summed E-state index contributed by atoms with van der Waals surface area (Å²) in [4.78, 5) is 8.23. The number of halogens is 3. The van der Waals surface area contributed by atoms with E-state index in [0.29, 0.717) is 16.8 Å². The van der Waals surface area contributed by atoms with Gasteiger partial charge < -0.3 is 10.6 Å². The summed E-state index contributed by atoms with van der Waals surface area (Å²) in [6.07, 6.45) is 2.20. The lowest BCUT2D eigenvalue weighted by molar-refractivity contribution is -0.0494. The SMILES string of the molecule is CN=C(NCc1ccccn1)NC1CCN(S(=O)(=O)C(F)(F)F)CC1. The molecule has 1 fully saturated rings. The Morgan fingerprint density at radius 2 is 2.04 bits per heavy atom. The first-order chi connectivity index (χ1) is 11.7. The first kappa shape index (κ1) is 19.4. The number of piperidine rings is 1. The van der Waals surface area contributed by atoms with E-state index in [4.69, 9.17) is 0 Å². The Morgan fingerprint density at radius 3 is 2.56 bits per heavy atom. The molecule has 0 saturated carbocycles. The number of nitrogens with zero attached hydrogens (tertiary/aromatic N) is 3. The zero-order valence-electron chi connectivity index (χ0n) is 13.6. The van der Waals surface area contributed by atoms with Crippen molar-refractivity contribution < 1.29 is 21.6 Å². The highest BCUT2D eigenvalue weighted by molar-refractivity contribution is 7.90. The summed E-state index contributed by atoms with van der Waals surface area (Å²) in [7, 11) is -3.67. The topological polar surface area (TPSA) is 86.7 Å². The number of pyridine rings is 1. The van der Waals surface area contributed by atoms with Gasteiger partial charge in [-0.3, -0.25) is 9.98 Å². The molecule has 1 aliphatic rings. The highest BCUT2D eigenvalue weighted by Gasteiger charge is 2.50. The zero-order chi connectivity index (χ0) is 18.5. The van der Waals surface area contributed by atoms with Gasteiger partial charge in [0, 0.05) is 32.4 Å². The van der Waals surface area contributed by atoms with Crippen LogP contribution in [-0.4, -0.2) is 55.4 Å². The lowest BCUT2D eigenvalue weighted by atomic mass is 10.1. The fourth-order valence-corrected chi connectivity index (χ4v) is 3.44. The van der Waals surface area contributed by atoms with Crippen LogP contribution in [0.15, 0.2) is 29.4 Å². The third-order valence-electron chi connectivity index (χ3n) is 3.81. The minimum atomic E-state index is -5.26. The molecule has 7 nitrogen and oxygen atoms in total. The number of aliphatic imine (C=N–C) groups is 1. The molecule has 2 rings (SSSR count). The summed E-state index contributed by atoms with van der Waals surface area (Å²) in [6.45, 7) is 0.0787. The van der Waals surface area contributed by atoms with Crippen LogP contribution in [0.25, 0.3) is 0 Å². The van der Waals surface area contributed by atoms with Crippen molar-refractivity contribution in [3.8, 4) is 0 Å². The molecule has 0 aliphatic carbocycles. The molecule has 2 N–H and O–H groups in total. The Labute approximate surface area is 144 Å². The van der Waals surface area contributed by atoms with Crippen molar-refractivity contribution >= 4 is 16.0 Å². The Morgan fingerprint density at radius 1 is 1.36 bits per heavy atom. The highest BCUT2D eigenvalue weighted by atomic mass is 32.2. The molecule has 1 aliphatic heterocycles. The predicted octanol–water partition coefficient (Wildman–Crippen LogP) is 1.06. The van der Waals surface area contributed by atoms with Crippen LogP contribution in [0.5, 0.6) is 0 Å². The number of aromatic nitrogens is 1. The van der Waals surface area contributed by atoms with Crippen LogP contribution < -0.4 is 10.6 Å². The minimum Gasteiger partial charge on any atom is -0.354 e. The van der Waals surface area contributed by atoms with Gasteiger partial charge >= 0.3 is 15.5 Å². The maximum Gasteiger partial charge on any atom is 0.511 e. The number of guanidine groups is 1. The summed E-state index contributed by atoms with van der Waals surface area (Å²) >= 11 is 0. The van der Waals surface area contributed by atoms with Crippen LogP contribution in [0.2, 0.25) is 0 Å². The van der Waals surface area contributed by atoms with Gasteiger partial charge in [0.05, 0.1) is 12.2 Å². The molecular weight excluding hydrogens is 359 g/mol. The predicted molar refractivity (Wildman–Crippen MR) is 87.1 cm³/mol. The van der Waals surface area contributed by atoms with Crippen molar-refractivity contribution in [3.63, 3.8) is 0 Å². The standard InChI is InChI=1S/C14H20F3N5O2S/c1-18-13(20-10-12-4-2-3-7-19-12)21-11-5-8-22(9-6-11)25(23,24)14(15,16)17/h2-4,7,11H,5-6,8-10H2,1H3,(H2,18,20,21). The lowest BCUT2D eigenvalue weighted by Gasteiger charge is -2.32. The van der Waals surface area contributed by atoms with Gasteiger partial charge in [0.2, 0.25) is 0 Å². The normalized spacial score (nSPS) is 18.2. The lowest BCUT2D eigenvalue weighted by Crippen LogP contribution is -2.51. The van der Waals surface area contributed by atoms with Crippen molar-refractivity contribution in [2.45, 2.75) is 30.9 Å². The first-order valence-electron chi connectivity index (χ1n) is 7.67. The van der Waals surface area contributed by atoms with E-state index >= 15 is 0 Å². The van der Waals surface area contributed by atoms with Crippen LogP contribution >= 0.6 is 0 Å². The fourth-order valence-electron chi connectivity index (χ4n) is 2.45. The molecule has 1 aromatic rings. The Kier molecular flexibility index (Phi) is 6.22. The second-order valence-electron chi connectivity index (χ2n) is 5.52. The van der Waals surface area contributed by atoms with Gasteiger partial charge in [-0.25, -0.2) is 8.42 Å². The maximum absolute atomic E-state index is 12.6. The van der Waals surface area contributed by atoms with Crippen molar-refractivity contribution in [2.75, 3.05) is 20.1 Å². The number of alkyl halides is 3. The molecule has 0 radical (unpaired) electrons. The molecule has 11 heteroatoms. The number of hydrogen-bond acceptors (Lipinski definition) is 4. The Balaban J connectivity index is 1.84. The molecule has 25 heavy (non-hydrogen) atoms. The largest absolute Gasteiger partial charge is 0.511 e. The smallest absolute Gasteiger partial charge is 0.354 e. The van der Waals surface area contributed by atoms with E-state index < -0.39 is 15.5 Å². The molecule has 1 aromatic heterocycles. The van der Waals surface area contributed by atoms with Crippen LogP contribution in [-0.2, 0) is 16.6 Å². The van der Waals surface area contributed by atoms with Crippen molar-refractivity contribution in [1.82, 2.24) is 19.9 Å². The van der Waals surface area contributed by atoms with E-state index in [1.807, 2.05) is 12.1 Å². The van der Waals surface area contributed by atoms with Crippen molar-refractivity contribution in [1.29, 1.82) is 0 Å². The van der Waals surface area contributed by atoms with E-state index in [2.05, 4.69) is 20.6 Å². The first-order valence-corrected chi connectivity index (χ1v) is 9.11. The van der Waals surface area contributed by atoms with Gasteiger partial charge in [-0.05, 0) is 25.0 Å². The van der Waals surface area contributed by atoms with Crippen LogP contribution in [0.4, 0.5) is 13.2 Å². The van der Waals surface area contributed by atoms with E-state index in [1.165, 1.54) is 0 Å². The van der Waals surface area contributed by atoms with Gasteiger partial charge in [0.25, 0.3) is 0 Å². The molecule has 140 valence electrons. The number of nitrogens with one attached hydrogen (secondary N) is 2. The highest BCUT2D eigenvalue weighted by Crippen LogP contribution is 2.28. The molecule has 2 heterocycles. The Hall–Kier alpha value is -1.88. The third-order valence-corrected chi connectivity index (χ3v) is 5.44. The summed E-state index contributed by atoms with van der Waals surface area (Å²) in [5.41, 5.74) is -4.44. The average Bonchev–Trinajstić information content (AvgIpc) is 2.59. The molecule has 0 unspecified atom stereocenters. The van der Waals surface area contributed by atoms with Gasteiger partial charge in [0.1, 0.15) is 0 Å². The second-order valence-corrected chi connectivity index (χ2v) is 7.44. The number of hydrogen-bond donors (Lipinski definition) is 2. The average molecular weight is 379 g/mol. The maximum atomic E-state index is 12.6. The van der Waals surface area contributed by atoms with Gasteiger partial charge in [-0.2, -0.15) is 17.5 Å². The molecule has 0 spiro atoms. The van der Waals surface area contributed by atoms with Crippen molar-refractivity contribution in [2.24, 2.45) is 4.99 Å². The van der Waals surface area contributed by atoms with Crippen LogP contribution in [0, 0.1) is 0 Å². The fraction of sp³-hybridized carbons (Fsp3) is 0.571. The molecule has 0 amide bonds. The molecule has 0 atom stereocenters.